The highest BCUT2D eigenvalue weighted by molar-refractivity contribution is 5.57. The lowest BCUT2D eigenvalue weighted by molar-refractivity contribution is 0.580. The summed E-state index contributed by atoms with van der Waals surface area (Å²) >= 11 is 0. The normalized spacial score (nSPS) is 10.8. The van der Waals surface area contributed by atoms with Gasteiger partial charge in [0.05, 0.1) is 11.8 Å². The van der Waals surface area contributed by atoms with E-state index in [1.165, 1.54) is 0 Å². The van der Waals surface area contributed by atoms with Crippen molar-refractivity contribution in [2.24, 2.45) is 0 Å². The van der Waals surface area contributed by atoms with Gasteiger partial charge in [0.1, 0.15) is 5.69 Å². The highest BCUT2D eigenvalue weighted by atomic mass is 16.4. The van der Waals surface area contributed by atoms with Crippen LogP contribution in [0, 0.1) is 6.92 Å². The van der Waals surface area contributed by atoms with E-state index in [0.717, 1.165) is 17.8 Å². The number of rotatable bonds is 3. The minimum Gasteiger partial charge on any atom is -0.414 e. The molecule has 3 aromatic rings. The molecule has 0 saturated heterocycles. The van der Waals surface area contributed by atoms with Gasteiger partial charge < -0.3 is 4.42 Å². The Hall–Kier alpha value is -2.50. The van der Waals surface area contributed by atoms with E-state index < -0.39 is 0 Å². The molecule has 0 atom stereocenters. The van der Waals surface area contributed by atoms with Crippen molar-refractivity contribution >= 4 is 0 Å². The van der Waals surface area contributed by atoms with Crippen molar-refractivity contribution in [3.05, 3.63) is 36.3 Å². The Bertz CT molecular complexity index is 686. The summed E-state index contributed by atoms with van der Waals surface area (Å²) in [6.07, 6.45) is 3.44. The van der Waals surface area contributed by atoms with Gasteiger partial charge in [-0.05, 0) is 26.0 Å². The maximum absolute atomic E-state index is 5.66. The van der Waals surface area contributed by atoms with Crippen LogP contribution < -0.4 is 0 Å². The molecule has 0 radical (unpaired) electrons. The molecule has 0 spiro atoms. The van der Waals surface area contributed by atoms with Crippen molar-refractivity contribution in [2.75, 3.05) is 0 Å². The zero-order valence-corrected chi connectivity index (χ0v) is 10.7. The third-order valence-electron chi connectivity index (χ3n) is 2.94. The number of hydrogen-bond donors (Lipinski definition) is 0. The van der Waals surface area contributed by atoms with E-state index >= 15 is 0 Å². The standard InChI is InChI=1S/C13H13N5O/c1-3-18-9(2)10(8-15-18)12-16-17-13(19-12)11-6-4-5-7-14-11/h4-8H,3H2,1-2H3. The average molecular weight is 255 g/mol. The van der Waals surface area contributed by atoms with Crippen LogP contribution in [0.3, 0.4) is 0 Å². The second-order valence-corrected chi connectivity index (χ2v) is 4.09. The van der Waals surface area contributed by atoms with Gasteiger partial charge in [0.15, 0.2) is 0 Å². The quantitative estimate of drug-likeness (QED) is 0.718. The highest BCUT2D eigenvalue weighted by Crippen LogP contribution is 2.24. The van der Waals surface area contributed by atoms with Gasteiger partial charge in [0, 0.05) is 18.4 Å². The minimum absolute atomic E-state index is 0.416. The molecule has 0 N–H and O–H groups in total. The summed E-state index contributed by atoms with van der Waals surface area (Å²) in [4.78, 5) is 4.18. The Morgan fingerprint density at radius 3 is 2.74 bits per heavy atom. The minimum atomic E-state index is 0.416. The SMILES string of the molecule is CCn1ncc(-c2nnc(-c3ccccn3)o2)c1C. The van der Waals surface area contributed by atoms with Gasteiger partial charge in [-0.25, -0.2) is 0 Å². The molecule has 3 heterocycles. The van der Waals surface area contributed by atoms with Gasteiger partial charge in [-0.2, -0.15) is 5.10 Å². The molecule has 19 heavy (non-hydrogen) atoms. The van der Waals surface area contributed by atoms with E-state index in [1.807, 2.05) is 36.7 Å². The number of aromatic nitrogens is 5. The number of aryl methyl sites for hydroxylation is 1. The molecule has 0 aliphatic carbocycles. The Balaban J connectivity index is 1.99. The first-order valence-electron chi connectivity index (χ1n) is 6.07. The second kappa shape index (κ2) is 4.64. The van der Waals surface area contributed by atoms with Crippen molar-refractivity contribution in [1.82, 2.24) is 25.0 Å². The maximum Gasteiger partial charge on any atom is 0.266 e. The monoisotopic (exact) mass is 255 g/mol. The molecule has 6 heteroatoms. The van der Waals surface area contributed by atoms with Crippen molar-refractivity contribution in [3.8, 4) is 23.0 Å². The molecule has 0 bridgehead atoms. The lowest BCUT2D eigenvalue weighted by Gasteiger charge is -1.98. The van der Waals surface area contributed by atoms with Crippen LogP contribution in [0.5, 0.6) is 0 Å². The summed E-state index contributed by atoms with van der Waals surface area (Å²) in [7, 11) is 0. The summed E-state index contributed by atoms with van der Waals surface area (Å²) in [5, 5.41) is 12.3. The molecule has 0 aliphatic heterocycles. The van der Waals surface area contributed by atoms with Gasteiger partial charge >= 0.3 is 0 Å². The molecule has 0 aliphatic rings. The molecular formula is C13H13N5O. The molecule has 0 aromatic carbocycles. The lowest BCUT2D eigenvalue weighted by Crippen LogP contribution is -1.98. The zero-order valence-electron chi connectivity index (χ0n) is 10.7. The first kappa shape index (κ1) is 11.6. The van der Waals surface area contributed by atoms with Crippen LogP contribution in [0.15, 0.2) is 35.0 Å². The summed E-state index contributed by atoms with van der Waals surface area (Å²) in [5.41, 5.74) is 2.54. The van der Waals surface area contributed by atoms with E-state index in [1.54, 1.807) is 12.4 Å². The average Bonchev–Trinajstić information content (AvgIpc) is 3.06. The summed E-state index contributed by atoms with van der Waals surface area (Å²) in [6, 6.07) is 5.56. The van der Waals surface area contributed by atoms with Crippen molar-refractivity contribution in [2.45, 2.75) is 20.4 Å². The topological polar surface area (TPSA) is 69.6 Å². The van der Waals surface area contributed by atoms with E-state index in [9.17, 15) is 0 Å². The Morgan fingerprint density at radius 1 is 1.21 bits per heavy atom. The molecule has 0 amide bonds. The fourth-order valence-corrected chi connectivity index (χ4v) is 1.90. The van der Waals surface area contributed by atoms with Gasteiger partial charge in [-0.15, -0.1) is 10.2 Å². The van der Waals surface area contributed by atoms with Gasteiger partial charge in [-0.1, -0.05) is 6.07 Å². The zero-order chi connectivity index (χ0) is 13.2. The first-order chi connectivity index (χ1) is 9.29. The molecule has 0 saturated carbocycles. The highest BCUT2D eigenvalue weighted by Gasteiger charge is 2.15. The molecule has 3 rings (SSSR count). The fraction of sp³-hybridized carbons (Fsp3) is 0.231. The third-order valence-corrected chi connectivity index (χ3v) is 2.94. The van der Waals surface area contributed by atoms with E-state index in [-0.39, 0.29) is 0 Å². The number of hydrogen-bond acceptors (Lipinski definition) is 5. The number of pyridine rings is 1. The molecular weight excluding hydrogens is 242 g/mol. The Labute approximate surface area is 110 Å². The second-order valence-electron chi connectivity index (χ2n) is 4.09. The van der Waals surface area contributed by atoms with Crippen LogP contribution in [0.2, 0.25) is 0 Å². The molecule has 0 unspecified atom stereocenters. The van der Waals surface area contributed by atoms with E-state index in [2.05, 4.69) is 20.3 Å². The van der Waals surface area contributed by atoms with Crippen LogP contribution in [-0.4, -0.2) is 25.0 Å². The Kier molecular flexibility index (Phi) is 2.83. The van der Waals surface area contributed by atoms with E-state index in [4.69, 9.17) is 4.42 Å². The van der Waals surface area contributed by atoms with Gasteiger partial charge in [0.25, 0.3) is 11.8 Å². The summed E-state index contributed by atoms with van der Waals surface area (Å²) < 4.78 is 7.55. The predicted octanol–water partition coefficient (Wildman–Crippen LogP) is 2.32. The van der Waals surface area contributed by atoms with Gasteiger partial charge in [-0.3, -0.25) is 9.67 Å². The van der Waals surface area contributed by atoms with Crippen LogP contribution >= 0.6 is 0 Å². The number of nitrogens with zero attached hydrogens (tertiary/aromatic N) is 5. The van der Waals surface area contributed by atoms with Crippen LogP contribution in [-0.2, 0) is 6.54 Å². The predicted molar refractivity (Wildman–Crippen MR) is 69.2 cm³/mol. The third kappa shape index (κ3) is 2.01. The first-order valence-corrected chi connectivity index (χ1v) is 6.07. The smallest absolute Gasteiger partial charge is 0.266 e. The van der Waals surface area contributed by atoms with Crippen molar-refractivity contribution in [1.29, 1.82) is 0 Å². The van der Waals surface area contributed by atoms with Crippen LogP contribution in [0.4, 0.5) is 0 Å². The largest absolute Gasteiger partial charge is 0.414 e. The van der Waals surface area contributed by atoms with E-state index in [0.29, 0.717) is 17.5 Å². The maximum atomic E-state index is 5.66. The summed E-state index contributed by atoms with van der Waals surface area (Å²) in [5.74, 6) is 0.886. The fourth-order valence-electron chi connectivity index (χ4n) is 1.90. The van der Waals surface area contributed by atoms with Crippen LogP contribution in [0.1, 0.15) is 12.6 Å². The molecule has 96 valence electrons. The molecule has 6 nitrogen and oxygen atoms in total. The van der Waals surface area contributed by atoms with Crippen molar-refractivity contribution in [3.63, 3.8) is 0 Å². The molecule has 3 aromatic heterocycles. The molecule has 0 fully saturated rings. The summed E-state index contributed by atoms with van der Waals surface area (Å²) in [6.45, 7) is 4.83. The van der Waals surface area contributed by atoms with Gasteiger partial charge in [0.2, 0.25) is 0 Å². The van der Waals surface area contributed by atoms with Crippen LogP contribution in [0.25, 0.3) is 23.0 Å². The van der Waals surface area contributed by atoms with Crippen molar-refractivity contribution < 1.29 is 4.42 Å². The lowest BCUT2D eigenvalue weighted by atomic mass is 10.2. The Morgan fingerprint density at radius 2 is 2.05 bits per heavy atom.